The van der Waals surface area contributed by atoms with Gasteiger partial charge in [-0.3, -0.25) is 0 Å². The minimum Gasteiger partial charge on any atom is -0.397 e. The van der Waals surface area contributed by atoms with Gasteiger partial charge >= 0.3 is 0 Å². The second kappa shape index (κ2) is 5.34. The smallest absolute Gasteiger partial charge is 0.140 e. The molecule has 0 radical (unpaired) electrons. The summed E-state index contributed by atoms with van der Waals surface area (Å²) in [5, 5.41) is 3.36. The van der Waals surface area contributed by atoms with Gasteiger partial charge in [0, 0.05) is 6.54 Å². The Labute approximate surface area is 104 Å². The van der Waals surface area contributed by atoms with E-state index in [1.54, 1.807) is 6.20 Å². The molecule has 1 heterocycles. The maximum atomic E-state index is 5.64. The lowest BCUT2D eigenvalue weighted by atomic mass is 9.94. The fraction of sp³-hybridized carbons (Fsp3) is 0.417. The van der Waals surface area contributed by atoms with E-state index in [9.17, 15) is 0 Å². The number of nitrogen functional groups attached to an aromatic ring is 1. The lowest BCUT2D eigenvalue weighted by Gasteiger charge is -2.18. The standard InChI is InChI=1S/C12H16BrN3/c13-11-6-10(14)8-16-12(11)15-7-9-4-2-1-3-5-9/h1-2,6,8-9H,3-5,7,14H2,(H,15,16). The van der Waals surface area contributed by atoms with Gasteiger partial charge in [0.25, 0.3) is 0 Å². The largest absolute Gasteiger partial charge is 0.397 e. The number of pyridine rings is 1. The van der Waals surface area contributed by atoms with E-state index in [2.05, 4.69) is 38.4 Å². The molecule has 1 aromatic rings. The highest BCUT2D eigenvalue weighted by Gasteiger charge is 2.10. The summed E-state index contributed by atoms with van der Waals surface area (Å²) >= 11 is 3.45. The number of rotatable bonds is 3. The fourth-order valence-corrected chi connectivity index (χ4v) is 2.37. The third kappa shape index (κ3) is 2.98. The van der Waals surface area contributed by atoms with Crippen LogP contribution in [-0.2, 0) is 0 Å². The van der Waals surface area contributed by atoms with E-state index in [0.717, 1.165) is 22.8 Å². The zero-order chi connectivity index (χ0) is 11.4. The molecule has 1 aliphatic rings. The summed E-state index contributed by atoms with van der Waals surface area (Å²) in [4.78, 5) is 4.26. The lowest BCUT2D eigenvalue weighted by Crippen LogP contribution is -2.16. The molecule has 4 heteroatoms. The molecule has 2 rings (SSSR count). The monoisotopic (exact) mass is 281 g/mol. The van der Waals surface area contributed by atoms with Crippen LogP contribution in [0.3, 0.4) is 0 Å². The van der Waals surface area contributed by atoms with Crippen molar-refractivity contribution < 1.29 is 0 Å². The van der Waals surface area contributed by atoms with E-state index in [-0.39, 0.29) is 0 Å². The molecule has 1 aromatic heterocycles. The lowest BCUT2D eigenvalue weighted by molar-refractivity contribution is 0.503. The third-order valence-electron chi connectivity index (χ3n) is 2.80. The van der Waals surface area contributed by atoms with Crippen molar-refractivity contribution in [1.82, 2.24) is 4.98 Å². The number of allylic oxidation sites excluding steroid dienone is 2. The van der Waals surface area contributed by atoms with Crippen molar-refractivity contribution in [2.45, 2.75) is 19.3 Å². The van der Waals surface area contributed by atoms with Crippen LogP contribution in [0.2, 0.25) is 0 Å². The Bertz CT molecular complexity index is 390. The number of nitrogens with zero attached hydrogens (tertiary/aromatic N) is 1. The first-order chi connectivity index (χ1) is 7.75. The van der Waals surface area contributed by atoms with Crippen molar-refractivity contribution in [2.75, 3.05) is 17.6 Å². The molecule has 3 N–H and O–H groups in total. The van der Waals surface area contributed by atoms with Crippen LogP contribution in [-0.4, -0.2) is 11.5 Å². The highest BCUT2D eigenvalue weighted by molar-refractivity contribution is 9.10. The molecule has 1 unspecified atom stereocenters. The number of hydrogen-bond donors (Lipinski definition) is 2. The quantitative estimate of drug-likeness (QED) is 0.837. The van der Waals surface area contributed by atoms with Gasteiger partial charge in [0.05, 0.1) is 16.4 Å². The second-order valence-electron chi connectivity index (χ2n) is 4.13. The molecule has 0 aliphatic heterocycles. The first-order valence-corrected chi connectivity index (χ1v) is 6.35. The van der Waals surface area contributed by atoms with E-state index < -0.39 is 0 Å². The van der Waals surface area contributed by atoms with Gasteiger partial charge in [-0.25, -0.2) is 4.98 Å². The normalized spacial score (nSPS) is 19.7. The van der Waals surface area contributed by atoms with Gasteiger partial charge in [-0.1, -0.05) is 12.2 Å². The minimum atomic E-state index is 0.679. The summed E-state index contributed by atoms with van der Waals surface area (Å²) in [5.74, 6) is 1.60. The first kappa shape index (κ1) is 11.5. The molecule has 0 saturated heterocycles. The maximum absolute atomic E-state index is 5.64. The van der Waals surface area contributed by atoms with Gasteiger partial charge in [0.15, 0.2) is 0 Å². The molecule has 0 fully saturated rings. The highest BCUT2D eigenvalue weighted by Crippen LogP contribution is 2.23. The summed E-state index contributed by atoms with van der Waals surface area (Å²) in [6.07, 6.45) is 9.82. The van der Waals surface area contributed by atoms with Crippen molar-refractivity contribution in [1.29, 1.82) is 0 Å². The van der Waals surface area contributed by atoms with Crippen LogP contribution in [0.1, 0.15) is 19.3 Å². The molecule has 1 aliphatic carbocycles. The van der Waals surface area contributed by atoms with Crippen LogP contribution in [0, 0.1) is 5.92 Å². The molecule has 0 saturated carbocycles. The number of hydrogen-bond acceptors (Lipinski definition) is 3. The highest BCUT2D eigenvalue weighted by atomic mass is 79.9. The van der Waals surface area contributed by atoms with Gasteiger partial charge in [-0.2, -0.15) is 0 Å². The molecular weight excluding hydrogens is 266 g/mol. The van der Waals surface area contributed by atoms with Crippen LogP contribution in [0.15, 0.2) is 28.9 Å². The maximum Gasteiger partial charge on any atom is 0.140 e. The summed E-state index contributed by atoms with van der Waals surface area (Å²) in [6, 6.07) is 1.87. The summed E-state index contributed by atoms with van der Waals surface area (Å²) in [6.45, 7) is 0.972. The molecule has 0 amide bonds. The Hall–Kier alpha value is -1.03. The van der Waals surface area contributed by atoms with Gasteiger partial charge in [-0.05, 0) is 47.2 Å². The Balaban J connectivity index is 1.91. The van der Waals surface area contributed by atoms with Crippen molar-refractivity contribution >= 4 is 27.4 Å². The van der Waals surface area contributed by atoms with Gasteiger partial charge in [-0.15, -0.1) is 0 Å². The van der Waals surface area contributed by atoms with Crippen molar-refractivity contribution in [2.24, 2.45) is 5.92 Å². The van der Waals surface area contributed by atoms with Gasteiger partial charge in [0.2, 0.25) is 0 Å². The van der Waals surface area contributed by atoms with Crippen LogP contribution in [0.25, 0.3) is 0 Å². The number of anilines is 2. The fourth-order valence-electron chi connectivity index (χ4n) is 1.87. The Kier molecular flexibility index (Phi) is 3.83. The van der Waals surface area contributed by atoms with E-state index in [1.807, 2.05) is 6.07 Å². The number of nitrogens with one attached hydrogen (secondary N) is 1. The van der Waals surface area contributed by atoms with E-state index in [1.165, 1.54) is 19.3 Å². The molecule has 3 nitrogen and oxygen atoms in total. The summed E-state index contributed by atoms with van der Waals surface area (Å²) in [5.41, 5.74) is 6.32. The number of nitrogens with two attached hydrogens (primary N) is 1. The van der Waals surface area contributed by atoms with E-state index >= 15 is 0 Å². The average molecular weight is 282 g/mol. The number of halogens is 1. The van der Waals surface area contributed by atoms with Crippen molar-refractivity contribution in [3.63, 3.8) is 0 Å². The molecule has 1 atom stereocenters. The van der Waals surface area contributed by atoms with Crippen molar-refractivity contribution in [3.05, 3.63) is 28.9 Å². The van der Waals surface area contributed by atoms with Crippen LogP contribution in [0.5, 0.6) is 0 Å². The molecule has 0 bridgehead atoms. The summed E-state index contributed by atoms with van der Waals surface area (Å²) in [7, 11) is 0. The molecule has 16 heavy (non-hydrogen) atoms. The Morgan fingerprint density at radius 3 is 3.06 bits per heavy atom. The van der Waals surface area contributed by atoms with Gasteiger partial charge in [0.1, 0.15) is 5.82 Å². The molecule has 0 spiro atoms. The zero-order valence-electron chi connectivity index (χ0n) is 9.12. The van der Waals surface area contributed by atoms with Crippen molar-refractivity contribution in [3.8, 4) is 0 Å². The van der Waals surface area contributed by atoms with Gasteiger partial charge < -0.3 is 11.1 Å². The first-order valence-electron chi connectivity index (χ1n) is 5.55. The van der Waals surface area contributed by atoms with Crippen LogP contribution in [0.4, 0.5) is 11.5 Å². The topological polar surface area (TPSA) is 50.9 Å². The Morgan fingerprint density at radius 1 is 1.50 bits per heavy atom. The predicted molar refractivity (Wildman–Crippen MR) is 71.3 cm³/mol. The number of aromatic nitrogens is 1. The summed E-state index contributed by atoms with van der Waals surface area (Å²) < 4.78 is 0.929. The van der Waals surface area contributed by atoms with E-state index in [4.69, 9.17) is 5.73 Å². The average Bonchev–Trinajstić information content (AvgIpc) is 2.29. The third-order valence-corrected chi connectivity index (χ3v) is 3.40. The van der Waals surface area contributed by atoms with Crippen LogP contribution >= 0.6 is 15.9 Å². The molecule has 86 valence electrons. The second-order valence-corrected chi connectivity index (χ2v) is 4.98. The molecular formula is C12H16BrN3. The van der Waals surface area contributed by atoms with E-state index in [0.29, 0.717) is 5.69 Å². The predicted octanol–water partition coefficient (Wildman–Crippen LogP) is 3.19. The zero-order valence-corrected chi connectivity index (χ0v) is 10.7. The minimum absolute atomic E-state index is 0.679. The Morgan fingerprint density at radius 2 is 2.38 bits per heavy atom. The SMILES string of the molecule is Nc1cnc(NCC2CC=CCC2)c(Br)c1. The van der Waals surface area contributed by atoms with Crippen LogP contribution < -0.4 is 11.1 Å². The molecule has 0 aromatic carbocycles.